The van der Waals surface area contributed by atoms with E-state index < -0.39 is 18.7 Å². The van der Waals surface area contributed by atoms with Crippen molar-refractivity contribution in [1.29, 1.82) is 0 Å². The Morgan fingerprint density at radius 2 is 2.12 bits per heavy atom. The van der Waals surface area contributed by atoms with Gasteiger partial charge in [-0.25, -0.2) is 10.5 Å². The molecule has 1 aromatic rings. The van der Waals surface area contributed by atoms with Crippen molar-refractivity contribution in [2.45, 2.75) is 6.18 Å². The normalized spacial score (nSPS) is 11.4. The van der Waals surface area contributed by atoms with Crippen molar-refractivity contribution in [2.75, 3.05) is 6.61 Å². The van der Waals surface area contributed by atoms with Crippen LogP contribution in [0.5, 0.6) is 0 Å². The Balaban J connectivity index is 2.56. The highest BCUT2D eigenvalue weighted by Gasteiger charge is 2.28. The molecule has 0 radical (unpaired) electrons. The molecule has 94 valence electrons. The number of pyridine rings is 1. The highest BCUT2D eigenvalue weighted by atomic mass is 35.5. The minimum absolute atomic E-state index is 0.00939. The molecule has 0 bridgehead atoms. The second kappa shape index (κ2) is 5.52. The van der Waals surface area contributed by atoms with Gasteiger partial charge in [-0.1, -0.05) is 23.2 Å². The Labute approximate surface area is 104 Å². The van der Waals surface area contributed by atoms with E-state index in [2.05, 4.69) is 9.82 Å². The maximum atomic E-state index is 11.7. The number of carbonyl (C=O) groups is 1. The molecule has 0 saturated carbocycles. The van der Waals surface area contributed by atoms with Crippen molar-refractivity contribution in [1.82, 2.24) is 10.5 Å². The minimum atomic E-state index is -4.52. The van der Waals surface area contributed by atoms with E-state index >= 15 is 0 Å². The number of hydrogen-bond acceptors (Lipinski definition) is 3. The zero-order valence-electron chi connectivity index (χ0n) is 8.02. The fourth-order valence-electron chi connectivity index (χ4n) is 0.788. The number of alkyl halides is 3. The van der Waals surface area contributed by atoms with Crippen LogP contribution in [0.25, 0.3) is 0 Å². The van der Waals surface area contributed by atoms with Gasteiger partial charge in [-0.15, -0.1) is 0 Å². The molecule has 1 rings (SSSR count). The number of hydrogen-bond donors (Lipinski definition) is 1. The van der Waals surface area contributed by atoms with Crippen LogP contribution in [0.15, 0.2) is 12.3 Å². The highest BCUT2D eigenvalue weighted by molar-refractivity contribution is 6.41. The predicted molar refractivity (Wildman–Crippen MR) is 53.7 cm³/mol. The lowest BCUT2D eigenvalue weighted by Gasteiger charge is -2.08. The van der Waals surface area contributed by atoms with Crippen LogP contribution in [0.4, 0.5) is 13.2 Å². The van der Waals surface area contributed by atoms with Crippen LogP contribution in [-0.4, -0.2) is 23.7 Å². The Kier molecular flexibility index (Phi) is 4.55. The van der Waals surface area contributed by atoms with Gasteiger partial charge in [0, 0.05) is 6.20 Å². The van der Waals surface area contributed by atoms with Gasteiger partial charge in [-0.05, 0) is 6.07 Å². The summed E-state index contributed by atoms with van der Waals surface area (Å²) in [4.78, 5) is 18.8. The molecule has 1 N–H and O–H groups in total. The average Bonchev–Trinajstić information content (AvgIpc) is 2.20. The Morgan fingerprint density at radius 3 is 2.65 bits per heavy atom. The molecule has 0 aliphatic carbocycles. The van der Waals surface area contributed by atoms with E-state index in [0.29, 0.717) is 0 Å². The van der Waals surface area contributed by atoms with Crippen molar-refractivity contribution in [2.24, 2.45) is 0 Å². The number of nitrogens with zero attached hydrogens (tertiary/aromatic N) is 1. The number of aromatic nitrogens is 1. The van der Waals surface area contributed by atoms with Gasteiger partial charge in [0.2, 0.25) is 0 Å². The largest absolute Gasteiger partial charge is 0.414 e. The Morgan fingerprint density at radius 1 is 1.47 bits per heavy atom. The van der Waals surface area contributed by atoms with Gasteiger partial charge in [0.05, 0.1) is 10.6 Å². The molecule has 0 atom stereocenters. The number of rotatable bonds is 3. The summed E-state index contributed by atoms with van der Waals surface area (Å²) in [7, 11) is 0. The quantitative estimate of drug-likeness (QED) is 0.687. The molecule has 0 unspecified atom stereocenters. The summed E-state index contributed by atoms with van der Waals surface area (Å²) in [6.45, 7) is -1.59. The van der Waals surface area contributed by atoms with Gasteiger partial charge in [0.15, 0.2) is 6.61 Å². The number of carbonyl (C=O) groups excluding carboxylic acids is 1. The van der Waals surface area contributed by atoms with Gasteiger partial charge in [-0.3, -0.25) is 9.63 Å². The van der Waals surface area contributed by atoms with E-state index in [1.165, 1.54) is 0 Å². The third-order valence-electron chi connectivity index (χ3n) is 1.46. The predicted octanol–water partition coefficient (Wildman–Crippen LogP) is 2.61. The molecule has 0 spiro atoms. The monoisotopic (exact) mass is 288 g/mol. The summed E-state index contributed by atoms with van der Waals surface area (Å²) in [6.07, 6.45) is -3.47. The van der Waals surface area contributed by atoms with Crippen molar-refractivity contribution in [3.05, 3.63) is 28.0 Å². The second-order valence-corrected chi connectivity index (χ2v) is 3.60. The lowest BCUT2D eigenvalue weighted by molar-refractivity contribution is -0.184. The van der Waals surface area contributed by atoms with E-state index in [9.17, 15) is 18.0 Å². The van der Waals surface area contributed by atoms with Crippen LogP contribution >= 0.6 is 23.2 Å². The molecule has 17 heavy (non-hydrogen) atoms. The van der Waals surface area contributed by atoms with E-state index in [1.54, 1.807) is 5.48 Å². The van der Waals surface area contributed by atoms with Gasteiger partial charge in [0.1, 0.15) is 5.15 Å². The van der Waals surface area contributed by atoms with Crippen LogP contribution in [0.3, 0.4) is 0 Å². The van der Waals surface area contributed by atoms with Crippen LogP contribution in [0.2, 0.25) is 10.2 Å². The van der Waals surface area contributed by atoms with E-state index in [4.69, 9.17) is 23.2 Å². The van der Waals surface area contributed by atoms with Crippen molar-refractivity contribution >= 4 is 29.1 Å². The Hall–Kier alpha value is -1.05. The van der Waals surface area contributed by atoms with Gasteiger partial charge >= 0.3 is 6.18 Å². The molecule has 1 amide bonds. The topological polar surface area (TPSA) is 51.2 Å². The minimum Gasteiger partial charge on any atom is -0.267 e. The molecule has 0 aliphatic rings. The first-order valence-electron chi connectivity index (χ1n) is 4.09. The van der Waals surface area contributed by atoms with Crippen LogP contribution < -0.4 is 5.48 Å². The lowest BCUT2D eigenvalue weighted by Crippen LogP contribution is -2.29. The van der Waals surface area contributed by atoms with Gasteiger partial charge in [-0.2, -0.15) is 13.2 Å². The molecule has 0 aliphatic heterocycles. The fourth-order valence-corrected chi connectivity index (χ4v) is 1.06. The zero-order valence-corrected chi connectivity index (χ0v) is 9.53. The van der Waals surface area contributed by atoms with E-state index in [-0.39, 0.29) is 15.7 Å². The van der Waals surface area contributed by atoms with Crippen LogP contribution in [0, 0.1) is 0 Å². The first-order valence-corrected chi connectivity index (χ1v) is 4.85. The summed E-state index contributed by atoms with van der Waals surface area (Å²) in [5, 5.41) is -0.00503. The molecule has 1 heterocycles. The molecule has 0 fully saturated rings. The zero-order chi connectivity index (χ0) is 13.1. The van der Waals surface area contributed by atoms with E-state index in [0.717, 1.165) is 12.3 Å². The molecule has 0 saturated heterocycles. The SMILES string of the molecule is O=C(NOCC(F)(F)F)c1cnc(Cl)c(Cl)c1. The van der Waals surface area contributed by atoms with Gasteiger partial charge < -0.3 is 0 Å². The summed E-state index contributed by atoms with van der Waals surface area (Å²) in [5.74, 6) is -0.902. The second-order valence-electron chi connectivity index (χ2n) is 2.83. The van der Waals surface area contributed by atoms with Crippen LogP contribution in [0.1, 0.15) is 10.4 Å². The van der Waals surface area contributed by atoms with Gasteiger partial charge in [0.25, 0.3) is 5.91 Å². The molecular weight excluding hydrogens is 284 g/mol. The maximum Gasteiger partial charge on any atom is 0.414 e. The number of halogens is 5. The van der Waals surface area contributed by atoms with Crippen molar-refractivity contribution < 1.29 is 22.8 Å². The summed E-state index contributed by atoms with van der Waals surface area (Å²) in [5.41, 5.74) is 1.53. The molecule has 4 nitrogen and oxygen atoms in total. The van der Waals surface area contributed by atoms with E-state index in [1.807, 2.05) is 0 Å². The lowest BCUT2D eigenvalue weighted by atomic mass is 10.3. The number of nitrogens with one attached hydrogen (secondary N) is 1. The first kappa shape index (κ1) is 14.0. The highest BCUT2D eigenvalue weighted by Crippen LogP contribution is 2.19. The maximum absolute atomic E-state index is 11.7. The summed E-state index contributed by atoms with van der Waals surface area (Å²) in [6, 6.07) is 1.16. The standard InChI is InChI=1S/C8H5Cl2F3N2O2/c9-5-1-4(2-14-6(5)10)7(16)15-17-3-8(11,12)13/h1-2H,3H2,(H,15,16). The fraction of sp³-hybridized carbons (Fsp3) is 0.250. The summed E-state index contributed by atoms with van der Waals surface area (Å²) < 4.78 is 35.1. The third kappa shape index (κ3) is 4.76. The third-order valence-corrected chi connectivity index (χ3v) is 2.15. The smallest absolute Gasteiger partial charge is 0.267 e. The van der Waals surface area contributed by atoms with Crippen molar-refractivity contribution in [3.8, 4) is 0 Å². The summed E-state index contributed by atoms with van der Waals surface area (Å²) >= 11 is 11.1. The number of amides is 1. The van der Waals surface area contributed by atoms with Crippen molar-refractivity contribution in [3.63, 3.8) is 0 Å². The van der Waals surface area contributed by atoms with Crippen LogP contribution in [-0.2, 0) is 4.84 Å². The molecule has 1 aromatic heterocycles. The average molecular weight is 289 g/mol. The molecule has 0 aromatic carbocycles. The first-order chi connectivity index (χ1) is 7.79. The molecular formula is C8H5Cl2F3N2O2. The number of hydroxylamine groups is 1. The molecule has 9 heteroatoms. The Bertz CT molecular complexity index is 426.